The molecule has 7 heteroatoms. The average Bonchev–Trinajstić information content (AvgIpc) is 3.06. The van der Waals surface area contributed by atoms with Gasteiger partial charge in [-0.25, -0.2) is 4.79 Å². The molecule has 0 aromatic heterocycles. The first-order valence-corrected chi connectivity index (χ1v) is 7.92. The Labute approximate surface area is 135 Å². The van der Waals surface area contributed by atoms with Gasteiger partial charge in [-0.3, -0.25) is 0 Å². The molecule has 2 amide bonds. The Bertz CT molecular complexity index is 551. The van der Waals surface area contributed by atoms with Gasteiger partial charge in [0.2, 0.25) is 6.79 Å². The van der Waals surface area contributed by atoms with Crippen LogP contribution in [0.3, 0.4) is 0 Å². The smallest absolute Gasteiger partial charge is 0.317 e. The molecule has 0 aliphatic carbocycles. The number of rotatable bonds is 5. The van der Waals surface area contributed by atoms with Crippen molar-refractivity contribution in [3.05, 3.63) is 18.2 Å². The molecule has 23 heavy (non-hydrogen) atoms. The van der Waals surface area contributed by atoms with Gasteiger partial charge in [0.15, 0.2) is 11.5 Å². The van der Waals surface area contributed by atoms with E-state index in [2.05, 4.69) is 5.32 Å². The Morgan fingerprint density at radius 2 is 2.26 bits per heavy atom. The lowest BCUT2D eigenvalue weighted by Crippen LogP contribution is -2.47. The lowest BCUT2D eigenvalue weighted by molar-refractivity contribution is 0.129. The number of likely N-dealkylation sites (tertiary alicyclic amines) is 1. The molecular weight excluding hydrogens is 300 g/mol. The van der Waals surface area contributed by atoms with E-state index in [-0.39, 0.29) is 25.3 Å². The summed E-state index contributed by atoms with van der Waals surface area (Å²) in [5.74, 6) is 2.27. The van der Waals surface area contributed by atoms with Gasteiger partial charge < -0.3 is 29.5 Å². The van der Waals surface area contributed by atoms with Crippen molar-refractivity contribution in [2.75, 3.05) is 39.6 Å². The Morgan fingerprint density at radius 1 is 1.39 bits per heavy atom. The topological polar surface area (TPSA) is 80.3 Å². The molecular formula is C16H22N2O5. The molecule has 0 saturated carbocycles. The van der Waals surface area contributed by atoms with E-state index in [4.69, 9.17) is 14.2 Å². The molecule has 2 N–H and O–H groups in total. The summed E-state index contributed by atoms with van der Waals surface area (Å²) in [6.45, 7) is 2.53. The Hall–Kier alpha value is -2.15. The number of nitrogens with one attached hydrogen (secondary N) is 1. The van der Waals surface area contributed by atoms with E-state index >= 15 is 0 Å². The summed E-state index contributed by atoms with van der Waals surface area (Å²) in [4.78, 5) is 13.8. The number of aliphatic hydroxyl groups excluding tert-OH is 1. The second-order valence-corrected chi connectivity index (χ2v) is 5.73. The van der Waals surface area contributed by atoms with Crippen LogP contribution in [0.5, 0.6) is 17.2 Å². The molecule has 0 bridgehead atoms. The summed E-state index contributed by atoms with van der Waals surface area (Å²) in [6.07, 6.45) is 1.92. The fourth-order valence-electron chi connectivity index (χ4n) is 2.80. The van der Waals surface area contributed by atoms with Gasteiger partial charge in [-0.15, -0.1) is 0 Å². The molecule has 1 atom stereocenters. The zero-order valence-corrected chi connectivity index (χ0v) is 13.0. The SMILES string of the molecule is O=C(NCCOc1ccc2c(c1)OCO2)N1CCC[C@H](CO)C1. The predicted molar refractivity (Wildman–Crippen MR) is 82.8 cm³/mol. The number of ether oxygens (including phenoxy) is 3. The van der Waals surface area contributed by atoms with Crippen LogP contribution in [0.4, 0.5) is 4.79 Å². The van der Waals surface area contributed by atoms with E-state index in [0.717, 1.165) is 19.4 Å². The summed E-state index contributed by atoms with van der Waals surface area (Å²) < 4.78 is 16.1. The van der Waals surface area contributed by atoms with Crippen molar-refractivity contribution in [1.29, 1.82) is 0 Å². The van der Waals surface area contributed by atoms with E-state index in [1.807, 2.05) is 6.07 Å². The summed E-state index contributed by atoms with van der Waals surface area (Å²) >= 11 is 0. The Kier molecular flexibility index (Phi) is 5.07. The number of fused-ring (bicyclic) bond motifs is 1. The van der Waals surface area contributed by atoms with Crippen molar-refractivity contribution in [3.8, 4) is 17.2 Å². The van der Waals surface area contributed by atoms with Crippen LogP contribution in [0.2, 0.25) is 0 Å². The van der Waals surface area contributed by atoms with Crippen LogP contribution in [-0.4, -0.2) is 55.7 Å². The van der Waals surface area contributed by atoms with Crippen molar-refractivity contribution >= 4 is 6.03 Å². The number of benzene rings is 1. The summed E-state index contributed by atoms with van der Waals surface area (Å²) in [7, 11) is 0. The van der Waals surface area contributed by atoms with Gasteiger partial charge in [-0.2, -0.15) is 0 Å². The molecule has 2 aliphatic rings. The van der Waals surface area contributed by atoms with Gasteiger partial charge >= 0.3 is 6.03 Å². The molecule has 7 nitrogen and oxygen atoms in total. The van der Waals surface area contributed by atoms with Crippen molar-refractivity contribution < 1.29 is 24.1 Å². The average molecular weight is 322 g/mol. The number of urea groups is 1. The van der Waals surface area contributed by atoms with Crippen molar-refractivity contribution in [2.24, 2.45) is 5.92 Å². The molecule has 1 aromatic carbocycles. The summed E-state index contributed by atoms with van der Waals surface area (Å²) in [5, 5.41) is 12.0. The third kappa shape index (κ3) is 3.98. The first kappa shape index (κ1) is 15.7. The van der Waals surface area contributed by atoms with Gasteiger partial charge in [-0.05, 0) is 30.9 Å². The fraction of sp³-hybridized carbons (Fsp3) is 0.562. The van der Waals surface area contributed by atoms with Crippen LogP contribution < -0.4 is 19.5 Å². The molecule has 0 radical (unpaired) electrons. The Balaban J connectivity index is 1.38. The van der Waals surface area contributed by atoms with E-state index in [1.54, 1.807) is 17.0 Å². The molecule has 1 fully saturated rings. The van der Waals surface area contributed by atoms with E-state index in [9.17, 15) is 9.90 Å². The fourth-order valence-corrected chi connectivity index (χ4v) is 2.80. The second kappa shape index (κ2) is 7.41. The third-order valence-electron chi connectivity index (χ3n) is 4.06. The molecule has 0 unspecified atom stereocenters. The minimum atomic E-state index is -0.0996. The van der Waals surface area contributed by atoms with Crippen LogP contribution in [0.1, 0.15) is 12.8 Å². The maximum absolute atomic E-state index is 12.1. The minimum Gasteiger partial charge on any atom is -0.492 e. The summed E-state index contributed by atoms with van der Waals surface area (Å²) in [6, 6.07) is 5.29. The highest BCUT2D eigenvalue weighted by molar-refractivity contribution is 5.74. The van der Waals surface area contributed by atoms with E-state index < -0.39 is 0 Å². The highest BCUT2D eigenvalue weighted by Crippen LogP contribution is 2.34. The molecule has 0 spiro atoms. The largest absolute Gasteiger partial charge is 0.492 e. The van der Waals surface area contributed by atoms with Crippen LogP contribution in [0.15, 0.2) is 18.2 Å². The van der Waals surface area contributed by atoms with E-state index in [0.29, 0.717) is 36.9 Å². The van der Waals surface area contributed by atoms with Gasteiger partial charge in [0, 0.05) is 25.8 Å². The first-order chi connectivity index (χ1) is 11.3. The van der Waals surface area contributed by atoms with Gasteiger partial charge in [-0.1, -0.05) is 0 Å². The van der Waals surface area contributed by atoms with Gasteiger partial charge in [0.05, 0.1) is 6.54 Å². The zero-order chi connectivity index (χ0) is 16.1. The summed E-state index contributed by atoms with van der Waals surface area (Å²) in [5.41, 5.74) is 0. The lowest BCUT2D eigenvalue weighted by Gasteiger charge is -2.31. The first-order valence-electron chi connectivity index (χ1n) is 7.92. The number of piperidine rings is 1. The van der Waals surface area contributed by atoms with Gasteiger partial charge in [0.1, 0.15) is 12.4 Å². The molecule has 126 valence electrons. The number of hydrogen-bond donors (Lipinski definition) is 2. The second-order valence-electron chi connectivity index (χ2n) is 5.73. The third-order valence-corrected chi connectivity index (χ3v) is 4.06. The highest BCUT2D eigenvalue weighted by Gasteiger charge is 2.22. The zero-order valence-electron chi connectivity index (χ0n) is 13.0. The lowest BCUT2D eigenvalue weighted by atomic mass is 9.99. The highest BCUT2D eigenvalue weighted by atomic mass is 16.7. The maximum atomic E-state index is 12.1. The molecule has 2 aliphatic heterocycles. The van der Waals surface area contributed by atoms with Crippen molar-refractivity contribution in [3.63, 3.8) is 0 Å². The molecule has 2 heterocycles. The molecule has 1 saturated heterocycles. The van der Waals surface area contributed by atoms with Crippen LogP contribution in [0.25, 0.3) is 0 Å². The normalized spacial score (nSPS) is 19.5. The number of aliphatic hydroxyl groups is 1. The van der Waals surface area contributed by atoms with Crippen LogP contribution in [0, 0.1) is 5.92 Å². The van der Waals surface area contributed by atoms with Crippen LogP contribution >= 0.6 is 0 Å². The maximum Gasteiger partial charge on any atom is 0.317 e. The number of amides is 2. The van der Waals surface area contributed by atoms with Crippen molar-refractivity contribution in [2.45, 2.75) is 12.8 Å². The number of carbonyl (C=O) groups excluding carboxylic acids is 1. The minimum absolute atomic E-state index is 0.0996. The number of hydrogen-bond acceptors (Lipinski definition) is 5. The van der Waals surface area contributed by atoms with Gasteiger partial charge in [0.25, 0.3) is 0 Å². The molecule has 3 rings (SSSR count). The van der Waals surface area contributed by atoms with E-state index in [1.165, 1.54) is 0 Å². The Morgan fingerprint density at radius 3 is 3.13 bits per heavy atom. The number of carbonyl (C=O) groups is 1. The van der Waals surface area contributed by atoms with Crippen molar-refractivity contribution in [1.82, 2.24) is 10.2 Å². The monoisotopic (exact) mass is 322 g/mol. The van der Waals surface area contributed by atoms with Crippen LogP contribution in [-0.2, 0) is 0 Å². The number of nitrogens with zero attached hydrogens (tertiary/aromatic N) is 1. The standard InChI is InChI=1S/C16H22N2O5/c19-10-12-2-1-6-18(9-12)16(20)17-5-7-21-13-3-4-14-15(8-13)23-11-22-14/h3-4,8,12,19H,1-2,5-7,9-11H2,(H,17,20)/t12-/m0/s1. The molecule has 1 aromatic rings. The predicted octanol–water partition coefficient (Wildman–Crippen LogP) is 1.21. The quantitative estimate of drug-likeness (QED) is 0.797.